The first kappa shape index (κ1) is 12.9. The molecule has 2 heteroatoms. The summed E-state index contributed by atoms with van der Waals surface area (Å²) in [5, 5.41) is 0. The van der Waals surface area contributed by atoms with Gasteiger partial charge in [0.15, 0.2) is 0 Å². The quantitative estimate of drug-likeness (QED) is 0.518. The summed E-state index contributed by atoms with van der Waals surface area (Å²) in [6.45, 7) is 8.79. The Kier molecular flexibility index (Phi) is 9.94. The van der Waals surface area contributed by atoms with Crippen molar-refractivity contribution in [2.75, 3.05) is 19.8 Å². The van der Waals surface area contributed by atoms with Gasteiger partial charge in [-0.25, -0.2) is 0 Å². The maximum Gasteiger partial charge on any atom is 0.0704 e. The SMILES string of the molecule is CCCCCOCCOC(C)CC. The van der Waals surface area contributed by atoms with Crippen LogP contribution >= 0.6 is 0 Å². The Balaban J connectivity index is 2.91. The molecule has 0 heterocycles. The molecule has 0 saturated carbocycles. The van der Waals surface area contributed by atoms with E-state index in [-0.39, 0.29) is 0 Å². The lowest BCUT2D eigenvalue weighted by atomic mass is 10.3. The molecule has 0 rings (SSSR count). The van der Waals surface area contributed by atoms with Gasteiger partial charge in [0.25, 0.3) is 0 Å². The van der Waals surface area contributed by atoms with Crippen molar-refractivity contribution < 1.29 is 9.47 Å². The van der Waals surface area contributed by atoms with Crippen molar-refractivity contribution in [3.8, 4) is 0 Å². The maximum atomic E-state index is 5.47. The summed E-state index contributed by atoms with van der Waals surface area (Å²) < 4.78 is 10.9. The number of ether oxygens (including phenoxy) is 2. The molecule has 0 fully saturated rings. The van der Waals surface area contributed by atoms with Crippen molar-refractivity contribution >= 4 is 0 Å². The van der Waals surface area contributed by atoms with Crippen LogP contribution in [0.5, 0.6) is 0 Å². The summed E-state index contributed by atoms with van der Waals surface area (Å²) >= 11 is 0. The van der Waals surface area contributed by atoms with Gasteiger partial charge in [0.1, 0.15) is 0 Å². The van der Waals surface area contributed by atoms with Crippen LogP contribution in [0.4, 0.5) is 0 Å². The van der Waals surface area contributed by atoms with Gasteiger partial charge in [0.05, 0.1) is 19.3 Å². The molecule has 1 atom stereocenters. The summed E-state index contributed by atoms with van der Waals surface area (Å²) in [4.78, 5) is 0. The first-order valence-corrected chi connectivity index (χ1v) is 5.50. The highest BCUT2D eigenvalue weighted by atomic mass is 16.5. The number of hydrogen-bond acceptors (Lipinski definition) is 2. The molecular weight excluding hydrogens is 164 g/mol. The topological polar surface area (TPSA) is 18.5 Å². The zero-order chi connectivity index (χ0) is 9.94. The van der Waals surface area contributed by atoms with Crippen molar-refractivity contribution in [3.05, 3.63) is 0 Å². The molecule has 0 aliphatic carbocycles. The van der Waals surface area contributed by atoms with Gasteiger partial charge in [0, 0.05) is 6.61 Å². The van der Waals surface area contributed by atoms with Crippen LogP contribution in [0.1, 0.15) is 46.5 Å². The van der Waals surface area contributed by atoms with Gasteiger partial charge in [-0.05, 0) is 19.8 Å². The van der Waals surface area contributed by atoms with Gasteiger partial charge < -0.3 is 9.47 Å². The summed E-state index contributed by atoms with van der Waals surface area (Å²) in [6.07, 6.45) is 5.16. The van der Waals surface area contributed by atoms with Crippen molar-refractivity contribution in [2.24, 2.45) is 0 Å². The monoisotopic (exact) mass is 188 g/mol. The molecule has 13 heavy (non-hydrogen) atoms. The molecule has 0 saturated heterocycles. The molecule has 80 valence electrons. The lowest BCUT2D eigenvalue weighted by Gasteiger charge is -2.10. The molecule has 0 aromatic heterocycles. The minimum absolute atomic E-state index is 0.374. The van der Waals surface area contributed by atoms with Crippen molar-refractivity contribution in [1.82, 2.24) is 0 Å². The minimum Gasteiger partial charge on any atom is -0.379 e. The third kappa shape index (κ3) is 9.84. The van der Waals surface area contributed by atoms with E-state index in [4.69, 9.17) is 9.47 Å². The van der Waals surface area contributed by atoms with Crippen LogP contribution in [0.2, 0.25) is 0 Å². The van der Waals surface area contributed by atoms with Crippen LogP contribution in [0.25, 0.3) is 0 Å². The average Bonchev–Trinajstić information content (AvgIpc) is 2.16. The van der Waals surface area contributed by atoms with E-state index >= 15 is 0 Å². The van der Waals surface area contributed by atoms with Gasteiger partial charge in [-0.3, -0.25) is 0 Å². The second-order valence-corrected chi connectivity index (χ2v) is 3.41. The number of rotatable bonds is 9. The highest BCUT2D eigenvalue weighted by molar-refractivity contribution is 4.44. The first-order valence-electron chi connectivity index (χ1n) is 5.50. The molecule has 0 spiro atoms. The highest BCUT2D eigenvalue weighted by Gasteiger charge is 1.96. The molecule has 2 nitrogen and oxygen atoms in total. The van der Waals surface area contributed by atoms with E-state index in [0.29, 0.717) is 6.10 Å². The van der Waals surface area contributed by atoms with Crippen LogP contribution in [0.15, 0.2) is 0 Å². The Morgan fingerprint density at radius 3 is 2.38 bits per heavy atom. The fourth-order valence-corrected chi connectivity index (χ4v) is 0.982. The van der Waals surface area contributed by atoms with Crippen molar-refractivity contribution in [2.45, 2.75) is 52.6 Å². The molecule has 0 aliphatic rings. The molecule has 0 radical (unpaired) electrons. The minimum atomic E-state index is 0.374. The molecule has 0 amide bonds. The summed E-state index contributed by atoms with van der Waals surface area (Å²) in [5.41, 5.74) is 0. The molecule has 1 unspecified atom stereocenters. The van der Waals surface area contributed by atoms with Gasteiger partial charge in [-0.1, -0.05) is 26.7 Å². The van der Waals surface area contributed by atoms with E-state index < -0.39 is 0 Å². The smallest absolute Gasteiger partial charge is 0.0704 e. The third-order valence-electron chi connectivity index (χ3n) is 2.10. The number of unbranched alkanes of at least 4 members (excludes halogenated alkanes) is 2. The fourth-order valence-electron chi connectivity index (χ4n) is 0.982. The van der Waals surface area contributed by atoms with Crippen LogP contribution < -0.4 is 0 Å². The zero-order valence-corrected chi connectivity index (χ0v) is 9.34. The van der Waals surface area contributed by atoms with Crippen LogP contribution in [0, 0.1) is 0 Å². The Hall–Kier alpha value is -0.0800. The predicted octanol–water partition coefficient (Wildman–Crippen LogP) is 3.01. The molecule has 0 aromatic carbocycles. The third-order valence-corrected chi connectivity index (χ3v) is 2.10. The standard InChI is InChI=1S/C11H24O2/c1-4-6-7-8-12-9-10-13-11(3)5-2/h11H,4-10H2,1-3H3. The predicted molar refractivity (Wildman–Crippen MR) is 56.0 cm³/mol. The Labute approximate surface area is 82.6 Å². The van der Waals surface area contributed by atoms with E-state index in [9.17, 15) is 0 Å². The normalized spacial score (nSPS) is 13.2. The Morgan fingerprint density at radius 2 is 1.77 bits per heavy atom. The van der Waals surface area contributed by atoms with Crippen molar-refractivity contribution in [1.29, 1.82) is 0 Å². The molecule has 0 aliphatic heterocycles. The van der Waals surface area contributed by atoms with Crippen LogP contribution in [-0.2, 0) is 9.47 Å². The Bertz CT molecular complexity index is 94.1. The second kappa shape index (κ2) is 10.0. The van der Waals surface area contributed by atoms with E-state index in [2.05, 4.69) is 20.8 Å². The number of hydrogen-bond donors (Lipinski definition) is 0. The van der Waals surface area contributed by atoms with Gasteiger partial charge in [-0.2, -0.15) is 0 Å². The van der Waals surface area contributed by atoms with Gasteiger partial charge in [-0.15, -0.1) is 0 Å². The lowest BCUT2D eigenvalue weighted by Crippen LogP contribution is -2.12. The summed E-state index contributed by atoms with van der Waals surface area (Å²) in [6, 6.07) is 0. The van der Waals surface area contributed by atoms with Gasteiger partial charge in [0.2, 0.25) is 0 Å². The largest absolute Gasteiger partial charge is 0.379 e. The maximum absolute atomic E-state index is 5.47. The van der Waals surface area contributed by atoms with E-state index in [1.165, 1.54) is 19.3 Å². The van der Waals surface area contributed by atoms with Gasteiger partial charge >= 0.3 is 0 Å². The first-order chi connectivity index (χ1) is 6.31. The summed E-state index contributed by atoms with van der Waals surface area (Å²) in [5.74, 6) is 0. The Morgan fingerprint density at radius 1 is 1.00 bits per heavy atom. The highest BCUT2D eigenvalue weighted by Crippen LogP contribution is 1.96. The van der Waals surface area contributed by atoms with E-state index in [1.807, 2.05) is 0 Å². The van der Waals surface area contributed by atoms with E-state index in [1.54, 1.807) is 0 Å². The van der Waals surface area contributed by atoms with Crippen LogP contribution in [-0.4, -0.2) is 25.9 Å². The second-order valence-electron chi connectivity index (χ2n) is 3.41. The van der Waals surface area contributed by atoms with Crippen molar-refractivity contribution in [3.63, 3.8) is 0 Å². The van der Waals surface area contributed by atoms with Crippen LogP contribution in [0.3, 0.4) is 0 Å². The fraction of sp³-hybridized carbons (Fsp3) is 1.00. The average molecular weight is 188 g/mol. The lowest BCUT2D eigenvalue weighted by molar-refractivity contribution is 0.0104. The molecular formula is C11H24O2. The molecule has 0 bridgehead atoms. The zero-order valence-electron chi connectivity index (χ0n) is 9.34. The molecule has 0 aromatic rings. The van der Waals surface area contributed by atoms with E-state index in [0.717, 1.165) is 26.2 Å². The molecule has 0 N–H and O–H groups in total. The summed E-state index contributed by atoms with van der Waals surface area (Å²) in [7, 11) is 0.